The molecule has 2 aromatic rings. The fourth-order valence-electron chi connectivity index (χ4n) is 2.04. The molecule has 4 nitrogen and oxygen atoms in total. The minimum Gasteiger partial charge on any atom is -0.497 e. The van der Waals surface area contributed by atoms with Gasteiger partial charge in [0.2, 0.25) is 0 Å². The summed E-state index contributed by atoms with van der Waals surface area (Å²) in [6.07, 6.45) is 0. The largest absolute Gasteiger partial charge is 0.497 e. The van der Waals surface area contributed by atoms with Gasteiger partial charge in [-0.1, -0.05) is 0 Å². The molecule has 0 radical (unpaired) electrons. The van der Waals surface area contributed by atoms with Crippen molar-refractivity contribution in [3.8, 4) is 5.75 Å². The lowest BCUT2D eigenvalue weighted by Crippen LogP contribution is -2.38. The van der Waals surface area contributed by atoms with E-state index in [0.717, 1.165) is 11.1 Å². The second kappa shape index (κ2) is 6.28. The molecule has 0 fully saturated rings. The minimum atomic E-state index is -1.07. The van der Waals surface area contributed by atoms with Gasteiger partial charge in [-0.05, 0) is 60.0 Å². The van der Waals surface area contributed by atoms with Crippen molar-refractivity contribution in [1.82, 2.24) is 5.32 Å². The number of thiophene rings is 1. The van der Waals surface area contributed by atoms with Crippen molar-refractivity contribution in [3.63, 3.8) is 0 Å². The Kier molecular flexibility index (Phi) is 4.65. The summed E-state index contributed by atoms with van der Waals surface area (Å²) in [5.41, 5.74) is 1.15. The molecule has 21 heavy (non-hydrogen) atoms. The first-order valence-corrected chi connectivity index (χ1v) is 7.56. The van der Waals surface area contributed by atoms with Crippen LogP contribution in [0, 0.1) is 6.92 Å². The van der Waals surface area contributed by atoms with Crippen molar-refractivity contribution in [2.45, 2.75) is 19.4 Å². The maximum absolute atomic E-state index is 12.2. The number of carbonyl (C=O) groups is 1. The van der Waals surface area contributed by atoms with Gasteiger partial charge in [0.25, 0.3) is 5.91 Å². The average molecular weight is 305 g/mol. The Morgan fingerprint density at radius 1 is 1.43 bits per heavy atom. The highest BCUT2D eigenvalue weighted by Crippen LogP contribution is 2.22. The van der Waals surface area contributed by atoms with Gasteiger partial charge in [0.1, 0.15) is 11.4 Å². The minimum absolute atomic E-state index is 0.161. The Morgan fingerprint density at radius 3 is 2.76 bits per heavy atom. The van der Waals surface area contributed by atoms with Crippen molar-refractivity contribution in [3.05, 3.63) is 51.7 Å². The predicted octanol–water partition coefficient (Wildman–Crippen LogP) is 2.70. The number of nitrogens with one attached hydrogen (secondary N) is 1. The van der Waals surface area contributed by atoms with Gasteiger partial charge in [-0.2, -0.15) is 11.3 Å². The number of ether oxygens (including phenoxy) is 1. The third-order valence-corrected chi connectivity index (χ3v) is 4.10. The summed E-state index contributed by atoms with van der Waals surface area (Å²) >= 11 is 1.52. The quantitative estimate of drug-likeness (QED) is 0.893. The van der Waals surface area contributed by atoms with Crippen LogP contribution in [0.5, 0.6) is 5.75 Å². The maximum atomic E-state index is 12.2. The molecule has 0 aliphatic heterocycles. The number of hydrogen-bond donors (Lipinski definition) is 2. The van der Waals surface area contributed by atoms with Crippen LogP contribution in [0.2, 0.25) is 0 Å². The molecular weight excluding hydrogens is 286 g/mol. The molecule has 1 unspecified atom stereocenters. The van der Waals surface area contributed by atoms with E-state index in [1.54, 1.807) is 26.2 Å². The third-order valence-electron chi connectivity index (χ3n) is 3.41. The van der Waals surface area contributed by atoms with Crippen molar-refractivity contribution in [1.29, 1.82) is 0 Å². The van der Waals surface area contributed by atoms with Crippen LogP contribution < -0.4 is 10.1 Å². The van der Waals surface area contributed by atoms with E-state index in [4.69, 9.17) is 4.74 Å². The molecule has 1 heterocycles. The molecule has 5 heteroatoms. The number of rotatable bonds is 5. The summed E-state index contributed by atoms with van der Waals surface area (Å²) in [6, 6.07) is 7.14. The van der Waals surface area contributed by atoms with Crippen LogP contribution in [-0.4, -0.2) is 24.7 Å². The summed E-state index contributed by atoms with van der Waals surface area (Å²) in [4.78, 5) is 12.2. The molecule has 0 saturated carbocycles. The Balaban J connectivity index is 2.05. The second-order valence-corrected chi connectivity index (χ2v) is 5.93. The highest BCUT2D eigenvalue weighted by atomic mass is 32.1. The van der Waals surface area contributed by atoms with Crippen LogP contribution in [0.3, 0.4) is 0 Å². The molecule has 2 rings (SSSR count). The molecule has 1 amide bonds. The SMILES string of the molecule is COc1ccc(C(=O)NCC(C)(O)c2ccsc2)c(C)c1. The number of benzene rings is 1. The van der Waals surface area contributed by atoms with Crippen molar-refractivity contribution in [2.24, 2.45) is 0 Å². The number of carbonyl (C=O) groups excluding carboxylic acids is 1. The molecule has 2 N–H and O–H groups in total. The molecule has 0 aliphatic carbocycles. The van der Waals surface area contributed by atoms with Gasteiger partial charge >= 0.3 is 0 Å². The summed E-state index contributed by atoms with van der Waals surface area (Å²) in [7, 11) is 1.59. The van der Waals surface area contributed by atoms with Gasteiger partial charge in [0, 0.05) is 5.56 Å². The highest BCUT2D eigenvalue weighted by molar-refractivity contribution is 7.08. The fraction of sp³-hybridized carbons (Fsp3) is 0.312. The van der Waals surface area contributed by atoms with Crippen molar-refractivity contribution >= 4 is 17.2 Å². The van der Waals surface area contributed by atoms with E-state index in [1.807, 2.05) is 29.8 Å². The number of aliphatic hydroxyl groups is 1. The first-order chi connectivity index (χ1) is 9.94. The molecule has 0 bridgehead atoms. The average Bonchev–Trinajstić information content (AvgIpc) is 2.99. The van der Waals surface area contributed by atoms with Crippen LogP contribution in [0.1, 0.15) is 28.4 Å². The van der Waals surface area contributed by atoms with Gasteiger partial charge < -0.3 is 15.2 Å². The Morgan fingerprint density at radius 2 is 2.19 bits per heavy atom. The predicted molar refractivity (Wildman–Crippen MR) is 84.0 cm³/mol. The summed E-state index contributed by atoms with van der Waals surface area (Å²) in [5, 5.41) is 17.0. The normalized spacial score (nSPS) is 13.5. The van der Waals surface area contributed by atoms with Gasteiger partial charge in [-0.25, -0.2) is 0 Å². The van der Waals surface area contributed by atoms with Gasteiger partial charge in [0.15, 0.2) is 0 Å². The van der Waals surface area contributed by atoms with E-state index in [2.05, 4.69) is 5.32 Å². The second-order valence-electron chi connectivity index (χ2n) is 5.15. The molecule has 1 atom stereocenters. The van der Waals surface area contributed by atoms with Crippen molar-refractivity contribution < 1.29 is 14.6 Å². The lowest BCUT2D eigenvalue weighted by atomic mass is 9.99. The fourth-order valence-corrected chi connectivity index (χ4v) is 2.82. The van der Waals surface area contributed by atoms with Gasteiger partial charge in [-0.15, -0.1) is 0 Å². The summed E-state index contributed by atoms with van der Waals surface area (Å²) in [5.74, 6) is 0.514. The van der Waals surface area contributed by atoms with E-state index in [0.29, 0.717) is 11.3 Å². The lowest BCUT2D eigenvalue weighted by Gasteiger charge is -2.23. The van der Waals surface area contributed by atoms with Crippen molar-refractivity contribution in [2.75, 3.05) is 13.7 Å². The molecule has 0 saturated heterocycles. The van der Waals surface area contributed by atoms with Crippen LogP contribution >= 0.6 is 11.3 Å². The smallest absolute Gasteiger partial charge is 0.251 e. The number of hydrogen-bond acceptors (Lipinski definition) is 4. The Labute approximate surface area is 128 Å². The van der Waals surface area contributed by atoms with Crippen LogP contribution in [0.4, 0.5) is 0 Å². The van der Waals surface area contributed by atoms with Crippen LogP contribution in [0.25, 0.3) is 0 Å². The lowest BCUT2D eigenvalue weighted by molar-refractivity contribution is 0.0530. The number of aryl methyl sites for hydroxylation is 1. The molecular formula is C16H19NO3S. The highest BCUT2D eigenvalue weighted by Gasteiger charge is 2.24. The Hall–Kier alpha value is -1.85. The van der Waals surface area contributed by atoms with Gasteiger partial charge in [0.05, 0.1) is 13.7 Å². The van der Waals surface area contributed by atoms with Gasteiger partial charge in [-0.3, -0.25) is 4.79 Å². The van der Waals surface area contributed by atoms with E-state index >= 15 is 0 Å². The van der Waals surface area contributed by atoms with E-state index in [1.165, 1.54) is 11.3 Å². The molecule has 1 aromatic carbocycles. The van der Waals surface area contributed by atoms with E-state index in [-0.39, 0.29) is 12.5 Å². The first kappa shape index (κ1) is 15.5. The zero-order valence-electron chi connectivity index (χ0n) is 12.3. The number of methoxy groups -OCH3 is 1. The maximum Gasteiger partial charge on any atom is 0.251 e. The standard InChI is InChI=1S/C16H19NO3S/c1-11-8-13(20-3)4-5-14(11)15(18)17-10-16(2,19)12-6-7-21-9-12/h4-9,19H,10H2,1-3H3,(H,17,18). The first-order valence-electron chi connectivity index (χ1n) is 6.62. The number of amides is 1. The zero-order valence-corrected chi connectivity index (χ0v) is 13.2. The monoisotopic (exact) mass is 305 g/mol. The summed E-state index contributed by atoms with van der Waals surface area (Å²) in [6.45, 7) is 3.71. The van der Waals surface area contributed by atoms with E-state index < -0.39 is 5.60 Å². The van der Waals surface area contributed by atoms with E-state index in [9.17, 15) is 9.90 Å². The molecule has 0 aliphatic rings. The molecule has 112 valence electrons. The molecule has 0 spiro atoms. The van der Waals surface area contributed by atoms with Crippen LogP contribution in [-0.2, 0) is 5.60 Å². The van der Waals surface area contributed by atoms with Crippen LogP contribution in [0.15, 0.2) is 35.0 Å². The third kappa shape index (κ3) is 3.62. The zero-order chi connectivity index (χ0) is 15.5. The Bertz CT molecular complexity index is 620. The summed E-state index contributed by atoms with van der Waals surface area (Å²) < 4.78 is 5.12. The topological polar surface area (TPSA) is 58.6 Å². The molecule has 1 aromatic heterocycles.